The number of furan rings is 1. The van der Waals surface area contributed by atoms with Crippen LogP contribution in [0.5, 0.6) is 0 Å². The van der Waals surface area contributed by atoms with Crippen LogP contribution in [0, 0.1) is 5.41 Å². The molecular weight excluding hydrogens is 306 g/mol. The number of likely N-dealkylation sites (N-methyl/N-ethyl adjacent to an activating group) is 1. The first-order valence-electron chi connectivity index (χ1n) is 8.84. The summed E-state index contributed by atoms with van der Waals surface area (Å²) in [4.78, 5) is 19.4. The molecule has 0 bridgehead atoms. The van der Waals surface area contributed by atoms with Crippen LogP contribution in [0.2, 0.25) is 0 Å². The molecule has 1 aromatic rings. The molecule has 1 spiro atoms. The highest BCUT2D eigenvalue weighted by molar-refractivity contribution is 5.93. The van der Waals surface area contributed by atoms with Crippen molar-refractivity contribution in [3.63, 3.8) is 0 Å². The van der Waals surface area contributed by atoms with E-state index >= 15 is 0 Å². The van der Waals surface area contributed by atoms with E-state index in [1.54, 1.807) is 12.3 Å². The number of rotatable bonds is 4. The predicted octanol–water partition coefficient (Wildman–Crippen LogP) is 1.40. The van der Waals surface area contributed by atoms with Gasteiger partial charge in [-0.15, -0.1) is 0 Å². The fraction of sp³-hybridized carbons (Fsp3) is 0.722. The third-order valence-electron chi connectivity index (χ3n) is 5.10. The molecular formula is C18H29N3O3. The van der Waals surface area contributed by atoms with Crippen molar-refractivity contribution in [1.82, 2.24) is 14.7 Å². The Morgan fingerprint density at radius 1 is 1.33 bits per heavy atom. The number of hydrogen-bond donors (Lipinski definition) is 0. The fourth-order valence-electron chi connectivity index (χ4n) is 3.81. The summed E-state index contributed by atoms with van der Waals surface area (Å²) in [5.41, 5.74) is 0.701. The Labute approximate surface area is 144 Å². The molecule has 3 rings (SSSR count). The smallest absolute Gasteiger partial charge is 0.257 e. The third kappa shape index (κ3) is 4.18. The quantitative estimate of drug-likeness (QED) is 0.832. The zero-order chi connectivity index (χ0) is 17.0. The van der Waals surface area contributed by atoms with Gasteiger partial charge in [0.2, 0.25) is 0 Å². The minimum absolute atomic E-state index is 0.0560. The zero-order valence-electron chi connectivity index (χ0n) is 14.9. The maximum absolute atomic E-state index is 12.7. The number of amides is 1. The van der Waals surface area contributed by atoms with Gasteiger partial charge in [0.15, 0.2) is 0 Å². The van der Waals surface area contributed by atoms with E-state index in [9.17, 15) is 4.79 Å². The van der Waals surface area contributed by atoms with Gasteiger partial charge in [-0.25, -0.2) is 0 Å². The molecule has 2 aliphatic rings. The summed E-state index contributed by atoms with van der Waals surface area (Å²) < 4.78 is 11.0. The molecule has 6 heteroatoms. The van der Waals surface area contributed by atoms with E-state index in [0.29, 0.717) is 5.56 Å². The highest BCUT2D eigenvalue weighted by Gasteiger charge is 2.40. The minimum atomic E-state index is 0.0560. The van der Waals surface area contributed by atoms with E-state index in [4.69, 9.17) is 9.15 Å². The van der Waals surface area contributed by atoms with Crippen molar-refractivity contribution in [2.24, 2.45) is 5.41 Å². The van der Waals surface area contributed by atoms with Gasteiger partial charge in [0.25, 0.3) is 5.91 Å². The van der Waals surface area contributed by atoms with Crippen molar-refractivity contribution in [2.45, 2.75) is 12.8 Å². The lowest BCUT2D eigenvalue weighted by molar-refractivity contribution is 0.00714. The van der Waals surface area contributed by atoms with Gasteiger partial charge in [0.1, 0.15) is 6.26 Å². The monoisotopic (exact) mass is 335 g/mol. The topological polar surface area (TPSA) is 49.2 Å². The molecule has 0 saturated carbocycles. The number of hydrogen-bond acceptors (Lipinski definition) is 5. The molecule has 1 atom stereocenters. The highest BCUT2D eigenvalue weighted by Crippen LogP contribution is 2.33. The molecule has 134 valence electrons. The predicted molar refractivity (Wildman–Crippen MR) is 92.1 cm³/mol. The van der Waals surface area contributed by atoms with Gasteiger partial charge in [-0.1, -0.05) is 0 Å². The second-order valence-corrected chi connectivity index (χ2v) is 7.47. The maximum Gasteiger partial charge on any atom is 0.257 e. The summed E-state index contributed by atoms with van der Waals surface area (Å²) in [5, 5.41) is 0. The first kappa shape index (κ1) is 17.5. The Morgan fingerprint density at radius 2 is 2.21 bits per heavy atom. The van der Waals surface area contributed by atoms with E-state index < -0.39 is 0 Å². The van der Waals surface area contributed by atoms with Crippen molar-refractivity contribution in [3.8, 4) is 0 Å². The van der Waals surface area contributed by atoms with E-state index in [2.05, 4.69) is 23.9 Å². The lowest BCUT2D eigenvalue weighted by atomic mass is 9.80. The number of ether oxygens (including phenoxy) is 1. The van der Waals surface area contributed by atoms with Crippen LogP contribution in [-0.2, 0) is 4.74 Å². The molecule has 3 heterocycles. The van der Waals surface area contributed by atoms with Crippen LogP contribution in [0.1, 0.15) is 23.2 Å². The van der Waals surface area contributed by atoms with Gasteiger partial charge in [-0.2, -0.15) is 0 Å². The largest absolute Gasteiger partial charge is 0.472 e. The van der Waals surface area contributed by atoms with Gasteiger partial charge < -0.3 is 19.0 Å². The van der Waals surface area contributed by atoms with Crippen LogP contribution < -0.4 is 0 Å². The molecule has 0 unspecified atom stereocenters. The molecule has 0 radical (unpaired) electrons. The van der Waals surface area contributed by atoms with Gasteiger partial charge in [0, 0.05) is 44.7 Å². The summed E-state index contributed by atoms with van der Waals surface area (Å²) >= 11 is 0. The van der Waals surface area contributed by atoms with Crippen molar-refractivity contribution < 1.29 is 13.9 Å². The second-order valence-electron chi connectivity index (χ2n) is 7.47. The summed E-state index contributed by atoms with van der Waals surface area (Å²) in [6.07, 6.45) is 5.26. The summed E-state index contributed by atoms with van der Waals surface area (Å²) in [5.74, 6) is 0.0758. The van der Waals surface area contributed by atoms with E-state index in [1.165, 1.54) is 6.26 Å². The molecule has 1 aromatic heterocycles. The maximum atomic E-state index is 12.7. The molecule has 2 fully saturated rings. The average Bonchev–Trinajstić information content (AvgIpc) is 3.03. The van der Waals surface area contributed by atoms with Crippen LogP contribution in [0.15, 0.2) is 23.0 Å². The van der Waals surface area contributed by atoms with Gasteiger partial charge in [-0.05, 0) is 33.0 Å². The molecule has 2 saturated heterocycles. The Kier molecular flexibility index (Phi) is 5.58. The molecule has 6 nitrogen and oxygen atoms in total. The van der Waals surface area contributed by atoms with Crippen molar-refractivity contribution in [1.29, 1.82) is 0 Å². The van der Waals surface area contributed by atoms with Crippen LogP contribution in [-0.4, -0.2) is 87.2 Å². The SMILES string of the molecule is CN(C)CCN1CCOC[C@@]2(CCCN(C(=O)c3ccoc3)C2)C1. The molecule has 0 aromatic carbocycles. The lowest BCUT2D eigenvalue weighted by Gasteiger charge is -2.43. The first-order valence-corrected chi connectivity index (χ1v) is 8.84. The average molecular weight is 335 g/mol. The highest BCUT2D eigenvalue weighted by atomic mass is 16.5. The normalized spacial score (nSPS) is 26.0. The van der Waals surface area contributed by atoms with Gasteiger partial charge >= 0.3 is 0 Å². The fourth-order valence-corrected chi connectivity index (χ4v) is 3.81. The second kappa shape index (κ2) is 7.68. The van der Waals surface area contributed by atoms with Crippen LogP contribution in [0.3, 0.4) is 0 Å². The zero-order valence-corrected chi connectivity index (χ0v) is 14.9. The summed E-state index contributed by atoms with van der Waals surface area (Å²) in [7, 11) is 4.21. The van der Waals surface area contributed by atoms with E-state index in [0.717, 1.165) is 65.3 Å². The molecule has 0 N–H and O–H groups in total. The van der Waals surface area contributed by atoms with Gasteiger partial charge in [-0.3, -0.25) is 9.69 Å². The molecule has 24 heavy (non-hydrogen) atoms. The molecule has 2 aliphatic heterocycles. The van der Waals surface area contributed by atoms with Crippen molar-refractivity contribution in [2.75, 3.05) is 66.6 Å². The molecule has 0 aliphatic carbocycles. The summed E-state index contributed by atoms with van der Waals surface area (Å²) in [6.45, 7) is 7.22. The van der Waals surface area contributed by atoms with Crippen LogP contribution in [0.4, 0.5) is 0 Å². The third-order valence-corrected chi connectivity index (χ3v) is 5.10. The number of carbonyl (C=O) groups is 1. The van der Waals surface area contributed by atoms with Crippen LogP contribution in [0.25, 0.3) is 0 Å². The number of carbonyl (C=O) groups excluding carboxylic acids is 1. The standard InChI is InChI=1S/C18H29N3O3/c1-19(2)7-8-20-9-11-24-15-18(13-20)5-3-6-21(14-18)17(22)16-4-10-23-12-16/h4,10,12H,3,5-9,11,13-15H2,1-2H3/t18-/m0/s1. The number of likely N-dealkylation sites (tertiary alicyclic amines) is 1. The van der Waals surface area contributed by atoms with Crippen molar-refractivity contribution >= 4 is 5.91 Å². The molecule has 1 amide bonds. The van der Waals surface area contributed by atoms with Crippen molar-refractivity contribution in [3.05, 3.63) is 24.2 Å². The lowest BCUT2D eigenvalue weighted by Crippen LogP contribution is -2.52. The Morgan fingerprint density at radius 3 is 2.96 bits per heavy atom. The van der Waals surface area contributed by atoms with E-state index in [-0.39, 0.29) is 11.3 Å². The van der Waals surface area contributed by atoms with Gasteiger partial charge in [0.05, 0.1) is 25.0 Å². The Balaban J connectivity index is 1.67. The Hall–Kier alpha value is -1.37. The first-order chi connectivity index (χ1) is 11.6. The number of nitrogens with zero attached hydrogens (tertiary/aromatic N) is 3. The summed E-state index contributed by atoms with van der Waals surface area (Å²) in [6, 6.07) is 1.75. The van der Waals surface area contributed by atoms with Crippen LogP contribution >= 0.6 is 0 Å². The Bertz CT molecular complexity index is 532. The minimum Gasteiger partial charge on any atom is -0.472 e. The number of piperidine rings is 1. The van der Waals surface area contributed by atoms with E-state index in [1.807, 2.05) is 4.90 Å².